The molecular weight excluding hydrogens is 629 g/mol. The summed E-state index contributed by atoms with van der Waals surface area (Å²) >= 11 is 1.80. The standard InChI is InChI=1S/C45H28N4S/c1-4-15-29(16-5-1)32-23-14-24-35-33-21-10-12-25-37(33)49(41(32)35)38-28-27-36-34-22-11-13-26-39(34)50-42(36)40(38)45-47-43(30-17-6-2-7-18-30)46-44(48-45)31-19-8-3-9-20-31/h1-28H. The Morgan fingerprint density at radius 3 is 1.66 bits per heavy atom. The maximum Gasteiger partial charge on any atom is 0.167 e. The van der Waals surface area contributed by atoms with Gasteiger partial charge in [0, 0.05) is 47.6 Å². The van der Waals surface area contributed by atoms with Gasteiger partial charge in [0.05, 0.1) is 22.3 Å². The molecule has 0 aliphatic heterocycles. The molecule has 0 saturated carbocycles. The Morgan fingerprint density at radius 1 is 0.400 bits per heavy atom. The second-order valence-electron chi connectivity index (χ2n) is 12.4. The Labute approximate surface area is 292 Å². The molecule has 3 aromatic heterocycles. The molecule has 0 atom stereocenters. The molecule has 0 N–H and O–H groups in total. The van der Waals surface area contributed by atoms with Gasteiger partial charge in [-0.3, -0.25) is 0 Å². The molecule has 0 fully saturated rings. The maximum absolute atomic E-state index is 5.30. The summed E-state index contributed by atoms with van der Waals surface area (Å²) in [4.78, 5) is 15.6. The summed E-state index contributed by atoms with van der Waals surface area (Å²) in [6, 6.07) is 59.6. The lowest BCUT2D eigenvalue weighted by Gasteiger charge is -2.17. The van der Waals surface area contributed by atoms with Crippen molar-refractivity contribution in [1.29, 1.82) is 0 Å². The van der Waals surface area contributed by atoms with Gasteiger partial charge < -0.3 is 4.57 Å². The highest BCUT2D eigenvalue weighted by atomic mass is 32.1. The second kappa shape index (κ2) is 11.6. The zero-order chi connectivity index (χ0) is 33.0. The molecule has 0 bridgehead atoms. The average molecular weight is 657 g/mol. The highest BCUT2D eigenvalue weighted by molar-refractivity contribution is 7.26. The summed E-state index contributed by atoms with van der Waals surface area (Å²) in [6.07, 6.45) is 0. The predicted molar refractivity (Wildman–Crippen MR) is 209 cm³/mol. The van der Waals surface area contributed by atoms with Crippen molar-refractivity contribution in [3.8, 4) is 51.0 Å². The molecule has 234 valence electrons. The van der Waals surface area contributed by atoms with Crippen molar-refractivity contribution < 1.29 is 0 Å². The number of para-hydroxylation sites is 2. The van der Waals surface area contributed by atoms with Crippen LogP contribution in [0.4, 0.5) is 0 Å². The van der Waals surface area contributed by atoms with Gasteiger partial charge in [-0.1, -0.05) is 152 Å². The van der Waals surface area contributed by atoms with Gasteiger partial charge in [-0.2, -0.15) is 0 Å². The third kappa shape index (κ3) is 4.55. The molecule has 10 aromatic rings. The maximum atomic E-state index is 5.30. The Bertz CT molecular complexity index is 2800. The van der Waals surface area contributed by atoms with Gasteiger partial charge in [-0.05, 0) is 23.8 Å². The molecule has 10 rings (SSSR count). The first kappa shape index (κ1) is 28.6. The lowest BCUT2D eigenvalue weighted by Crippen LogP contribution is -2.04. The van der Waals surface area contributed by atoms with E-state index in [4.69, 9.17) is 15.0 Å². The van der Waals surface area contributed by atoms with Crippen molar-refractivity contribution in [2.24, 2.45) is 0 Å². The van der Waals surface area contributed by atoms with Gasteiger partial charge in [0.15, 0.2) is 17.5 Å². The van der Waals surface area contributed by atoms with E-state index in [1.54, 1.807) is 11.3 Å². The van der Waals surface area contributed by atoms with E-state index in [0.29, 0.717) is 17.5 Å². The number of fused-ring (bicyclic) bond motifs is 6. The van der Waals surface area contributed by atoms with Crippen LogP contribution in [0, 0.1) is 0 Å². The fourth-order valence-electron chi connectivity index (χ4n) is 7.22. The minimum absolute atomic E-state index is 0.644. The Balaban J connectivity index is 1.38. The Morgan fingerprint density at radius 2 is 0.960 bits per heavy atom. The van der Waals surface area contributed by atoms with Crippen molar-refractivity contribution >= 4 is 53.3 Å². The number of nitrogens with zero attached hydrogens (tertiary/aromatic N) is 4. The fraction of sp³-hybridized carbons (Fsp3) is 0. The number of hydrogen-bond donors (Lipinski definition) is 0. The van der Waals surface area contributed by atoms with Gasteiger partial charge in [0.1, 0.15) is 0 Å². The van der Waals surface area contributed by atoms with Crippen molar-refractivity contribution in [3.63, 3.8) is 0 Å². The number of rotatable bonds is 5. The smallest absolute Gasteiger partial charge is 0.167 e. The van der Waals surface area contributed by atoms with Crippen molar-refractivity contribution in [2.75, 3.05) is 0 Å². The summed E-state index contributed by atoms with van der Waals surface area (Å²) in [6.45, 7) is 0. The highest BCUT2D eigenvalue weighted by Crippen LogP contribution is 2.46. The summed E-state index contributed by atoms with van der Waals surface area (Å²) < 4.78 is 4.81. The van der Waals surface area contributed by atoms with Crippen LogP contribution in [0.2, 0.25) is 0 Å². The van der Waals surface area contributed by atoms with Crippen molar-refractivity contribution in [2.45, 2.75) is 0 Å². The molecule has 50 heavy (non-hydrogen) atoms. The van der Waals surface area contributed by atoms with Gasteiger partial charge in [0.2, 0.25) is 0 Å². The summed E-state index contributed by atoms with van der Waals surface area (Å²) in [7, 11) is 0. The number of hydrogen-bond acceptors (Lipinski definition) is 4. The van der Waals surface area contributed by atoms with E-state index >= 15 is 0 Å². The van der Waals surface area contributed by atoms with Gasteiger partial charge in [0.25, 0.3) is 0 Å². The van der Waals surface area contributed by atoms with Crippen LogP contribution in [0.1, 0.15) is 0 Å². The molecule has 0 aliphatic carbocycles. The molecule has 0 saturated heterocycles. The summed E-state index contributed by atoms with van der Waals surface area (Å²) in [5.41, 5.74) is 8.55. The van der Waals surface area contributed by atoms with Gasteiger partial charge in [-0.25, -0.2) is 15.0 Å². The topological polar surface area (TPSA) is 43.6 Å². The summed E-state index contributed by atoms with van der Waals surface area (Å²) in [5.74, 6) is 1.93. The van der Waals surface area contributed by atoms with E-state index in [0.717, 1.165) is 38.1 Å². The van der Waals surface area contributed by atoms with E-state index in [1.807, 2.05) is 36.4 Å². The van der Waals surface area contributed by atoms with E-state index in [2.05, 4.69) is 138 Å². The average Bonchev–Trinajstić information content (AvgIpc) is 3.74. The first-order valence-corrected chi connectivity index (χ1v) is 17.5. The SMILES string of the molecule is c1ccc(-c2nc(-c3ccccc3)nc(-c3c(-n4c5ccccc5c5cccc(-c6ccccc6)c54)ccc4c3sc3ccccc34)n2)cc1. The van der Waals surface area contributed by atoms with E-state index in [9.17, 15) is 0 Å². The third-order valence-electron chi connectivity index (χ3n) is 9.47. The minimum atomic E-state index is 0.644. The number of aromatic nitrogens is 4. The Kier molecular flexibility index (Phi) is 6.64. The quantitative estimate of drug-likeness (QED) is 0.185. The second-order valence-corrected chi connectivity index (χ2v) is 13.4. The van der Waals surface area contributed by atoms with Crippen LogP contribution in [0.25, 0.3) is 93.0 Å². The van der Waals surface area contributed by atoms with Gasteiger partial charge >= 0.3 is 0 Å². The molecule has 5 heteroatoms. The molecule has 7 aromatic carbocycles. The third-order valence-corrected chi connectivity index (χ3v) is 10.7. The highest BCUT2D eigenvalue weighted by Gasteiger charge is 2.24. The van der Waals surface area contributed by atoms with E-state index in [1.165, 1.54) is 37.4 Å². The van der Waals surface area contributed by atoms with Crippen LogP contribution in [-0.4, -0.2) is 19.5 Å². The summed E-state index contributed by atoms with van der Waals surface area (Å²) in [5, 5.41) is 4.83. The lowest BCUT2D eigenvalue weighted by molar-refractivity contribution is 1.07. The molecule has 4 nitrogen and oxygen atoms in total. The molecule has 0 unspecified atom stereocenters. The molecule has 0 aliphatic rings. The first-order valence-electron chi connectivity index (χ1n) is 16.7. The first-order chi connectivity index (χ1) is 24.8. The van der Waals surface area contributed by atoms with Gasteiger partial charge in [-0.15, -0.1) is 11.3 Å². The fourth-order valence-corrected chi connectivity index (χ4v) is 8.46. The molecule has 0 spiro atoms. The number of thiophene rings is 1. The molecule has 0 amide bonds. The normalized spacial score (nSPS) is 11.6. The zero-order valence-corrected chi connectivity index (χ0v) is 27.7. The van der Waals surface area contributed by atoms with Crippen LogP contribution in [0.5, 0.6) is 0 Å². The number of benzene rings is 7. The lowest BCUT2D eigenvalue weighted by atomic mass is 10.0. The van der Waals surface area contributed by atoms with Crippen LogP contribution < -0.4 is 0 Å². The van der Waals surface area contributed by atoms with E-state index < -0.39 is 0 Å². The predicted octanol–water partition coefficient (Wildman–Crippen LogP) is 12.0. The van der Waals surface area contributed by atoms with Crippen LogP contribution in [0.3, 0.4) is 0 Å². The van der Waals surface area contributed by atoms with Crippen LogP contribution >= 0.6 is 11.3 Å². The molecular formula is C45H28N4S. The minimum Gasteiger partial charge on any atom is -0.308 e. The van der Waals surface area contributed by atoms with E-state index in [-0.39, 0.29) is 0 Å². The molecule has 3 heterocycles. The monoisotopic (exact) mass is 656 g/mol. The van der Waals surface area contributed by atoms with Crippen molar-refractivity contribution in [1.82, 2.24) is 19.5 Å². The van der Waals surface area contributed by atoms with Crippen LogP contribution in [0.15, 0.2) is 170 Å². The van der Waals surface area contributed by atoms with Crippen molar-refractivity contribution in [3.05, 3.63) is 170 Å². The zero-order valence-electron chi connectivity index (χ0n) is 26.9. The Hall–Kier alpha value is -6.43. The largest absolute Gasteiger partial charge is 0.308 e. The van der Waals surface area contributed by atoms with Crippen LogP contribution in [-0.2, 0) is 0 Å². The molecule has 0 radical (unpaired) electrons.